The Labute approximate surface area is 82.5 Å². The highest BCUT2D eigenvalue weighted by Crippen LogP contribution is 2.20. The van der Waals surface area contributed by atoms with Crippen molar-refractivity contribution in [3.63, 3.8) is 0 Å². The van der Waals surface area contributed by atoms with Gasteiger partial charge in [0.25, 0.3) is 0 Å². The Morgan fingerprint density at radius 2 is 2.23 bits per heavy atom. The Hall–Kier alpha value is -0.0800. The topological polar surface area (TPSA) is 29.3 Å². The van der Waals surface area contributed by atoms with Gasteiger partial charge in [-0.1, -0.05) is 13.3 Å². The van der Waals surface area contributed by atoms with Crippen molar-refractivity contribution < 1.29 is 0 Å². The molecular weight excluding hydrogens is 160 g/mol. The van der Waals surface area contributed by atoms with Gasteiger partial charge in [-0.15, -0.1) is 0 Å². The zero-order chi connectivity index (χ0) is 9.84. The van der Waals surface area contributed by atoms with E-state index in [0.717, 1.165) is 6.04 Å². The van der Waals surface area contributed by atoms with Crippen molar-refractivity contribution in [1.82, 2.24) is 4.90 Å². The molecule has 0 aromatic carbocycles. The van der Waals surface area contributed by atoms with Gasteiger partial charge in [0.2, 0.25) is 0 Å². The van der Waals surface area contributed by atoms with Gasteiger partial charge in [-0.05, 0) is 33.1 Å². The highest BCUT2D eigenvalue weighted by molar-refractivity contribution is 4.83. The van der Waals surface area contributed by atoms with Crippen LogP contribution in [0, 0.1) is 0 Å². The van der Waals surface area contributed by atoms with Crippen LogP contribution in [0.2, 0.25) is 0 Å². The van der Waals surface area contributed by atoms with Crippen molar-refractivity contribution in [3.05, 3.63) is 0 Å². The first-order chi connectivity index (χ1) is 6.15. The van der Waals surface area contributed by atoms with Crippen molar-refractivity contribution >= 4 is 0 Å². The molecule has 0 amide bonds. The second-order valence-corrected chi connectivity index (χ2v) is 4.51. The van der Waals surface area contributed by atoms with Gasteiger partial charge in [0.05, 0.1) is 0 Å². The molecule has 1 aliphatic heterocycles. The zero-order valence-electron chi connectivity index (χ0n) is 9.29. The van der Waals surface area contributed by atoms with Crippen LogP contribution >= 0.6 is 0 Å². The number of likely N-dealkylation sites (tertiary alicyclic amines) is 1. The summed E-state index contributed by atoms with van der Waals surface area (Å²) in [6.07, 6.45) is 4.96. The molecule has 0 aromatic heterocycles. The van der Waals surface area contributed by atoms with E-state index >= 15 is 0 Å². The third-order valence-corrected chi connectivity index (χ3v) is 3.24. The highest BCUT2D eigenvalue weighted by atomic mass is 15.2. The lowest BCUT2D eigenvalue weighted by Gasteiger charge is -2.40. The van der Waals surface area contributed by atoms with Gasteiger partial charge in [0.1, 0.15) is 0 Å². The van der Waals surface area contributed by atoms with E-state index in [4.69, 9.17) is 5.73 Å². The summed E-state index contributed by atoms with van der Waals surface area (Å²) in [6.45, 7) is 8.11. The summed E-state index contributed by atoms with van der Waals surface area (Å²) in [5.41, 5.74) is 5.93. The van der Waals surface area contributed by atoms with E-state index in [2.05, 4.69) is 25.7 Å². The molecule has 1 fully saturated rings. The Bertz CT molecular complexity index is 143. The molecule has 0 radical (unpaired) electrons. The summed E-state index contributed by atoms with van der Waals surface area (Å²) in [6, 6.07) is 1.87. The summed E-state index contributed by atoms with van der Waals surface area (Å²) in [5, 5.41) is 0. The lowest BCUT2D eigenvalue weighted by atomic mass is 9.96. The fourth-order valence-electron chi connectivity index (χ4n) is 2.47. The van der Waals surface area contributed by atoms with Crippen LogP contribution in [0.5, 0.6) is 0 Å². The van der Waals surface area contributed by atoms with Crippen LogP contribution in [0.3, 0.4) is 0 Å². The molecule has 2 N–H and O–H groups in total. The fraction of sp³-hybridized carbons (Fsp3) is 1.00. The number of hydrogen-bond donors (Lipinski definition) is 1. The molecule has 0 aromatic rings. The summed E-state index contributed by atoms with van der Waals surface area (Å²) in [4.78, 5) is 2.62. The highest BCUT2D eigenvalue weighted by Gasteiger charge is 2.25. The monoisotopic (exact) mass is 184 g/mol. The van der Waals surface area contributed by atoms with Crippen LogP contribution in [0.15, 0.2) is 0 Å². The molecule has 0 bridgehead atoms. The molecule has 1 aliphatic rings. The first kappa shape index (κ1) is 11.0. The zero-order valence-corrected chi connectivity index (χ0v) is 9.29. The number of nitrogens with two attached hydrogens (primary N) is 1. The third kappa shape index (κ3) is 2.96. The van der Waals surface area contributed by atoms with E-state index in [9.17, 15) is 0 Å². The predicted octanol–water partition coefficient (Wildman–Crippen LogP) is 1.99. The molecule has 2 nitrogen and oxygen atoms in total. The summed E-state index contributed by atoms with van der Waals surface area (Å²) in [7, 11) is 0. The molecule has 1 saturated heterocycles. The van der Waals surface area contributed by atoms with Crippen LogP contribution in [-0.4, -0.2) is 29.6 Å². The second kappa shape index (κ2) is 4.97. The van der Waals surface area contributed by atoms with Crippen molar-refractivity contribution in [1.29, 1.82) is 0 Å². The van der Waals surface area contributed by atoms with Gasteiger partial charge in [-0.3, -0.25) is 4.90 Å². The average Bonchev–Trinajstić information content (AvgIpc) is 2.04. The van der Waals surface area contributed by atoms with Crippen molar-refractivity contribution in [2.45, 2.75) is 64.6 Å². The Morgan fingerprint density at radius 3 is 2.77 bits per heavy atom. The van der Waals surface area contributed by atoms with Gasteiger partial charge in [-0.2, -0.15) is 0 Å². The minimum absolute atomic E-state index is 0.445. The molecule has 0 spiro atoms. The summed E-state index contributed by atoms with van der Waals surface area (Å²) >= 11 is 0. The normalized spacial score (nSPS) is 33.2. The maximum atomic E-state index is 5.93. The van der Waals surface area contributed by atoms with Crippen molar-refractivity contribution in [2.24, 2.45) is 5.73 Å². The summed E-state index contributed by atoms with van der Waals surface area (Å²) in [5.74, 6) is 0. The average molecular weight is 184 g/mol. The molecule has 0 aliphatic carbocycles. The SMILES string of the molecule is CCCC(C)N1CCC(N)CC1C. The fourth-order valence-corrected chi connectivity index (χ4v) is 2.47. The number of rotatable bonds is 3. The van der Waals surface area contributed by atoms with Crippen LogP contribution in [0.4, 0.5) is 0 Å². The van der Waals surface area contributed by atoms with Gasteiger partial charge in [0, 0.05) is 24.7 Å². The minimum atomic E-state index is 0.445. The smallest absolute Gasteiger partial charge is 0.00844 e. The van der Waals surface area contributed by atoms with E-state index in [1.807, 2.05) is 0 Å². The van der Waals surface area contributed by atoms with Gasteiger partial charge < -0.3 is 5.73 Å². The number of piperidine rings is 1. The Kier molecular flexibility index (Phi) is 4.20. The Balaban J connectivity index is 2.40. The minimum Gasteiger partial charge on any atom is -0.328 e. The van der Waals surface area contributed by atoms with Crippen molar-refractivity contribution in [2.75, 3.05) is 6.54 Å². The molecule has 1 rings (SSSR count). The maximum Gasteiger partial charge on any atom is 0.00844 e. The van der Waals surface area contributed by atoms with Crippen LogP contribution in [0.1, 0.15) is 46.5 Å². The largest absolute Gasteiger partial charge is 0.328 e. The predicted molar refractivity (Wildman–Crippen MR) is 57.7 cm³/mol. The first-order valence-corrected chi connectivity index (χ1v) is 5.66. The second-order valence-electron chi connectivity index (χ2n) is 4.51. The molecule has 78 valence electrons. The van der Waals surface area contributed by atoms with Gasteiger partial charge >= 0.3 is 0 Å². The Morgan fingerprint density at radius 1 is 1.54 bits per heavy atom. The number of hydrogen-bond acceptors (Lipinski definition) is 2. The van der Waals surface area contributed by atoms with Crippen LogP contribution < -0.4 is 5.73 Å². The van der Waals surface area contributed by atoms with E-state index in [1.165, 1.54) is 32.2 Å². The first-order valence-electron chi connectivity index (χ1n) is 5.66. The van der Waals surface area contributed by atoms with Gasteiger partial charge in [-0.25, -0.2) is 0 Å². The molecule has 2 heteroatoms. The lowest BCUT2D eigenvalue weighted by molar-refractivity contribution is 0.0991. The van der Waals surface area contributed by atoms with Crippen LogP contribution in [0.25, 0.3) is 0 Å². The van der Waals surface area contributed by atoms with E-state index < -0.39 is 0 Å². The van der Waals surface area contributed by atoms with Gasteiger partial charge in [0.15, 0.2) is 0 Å². The van der Waals surface area contributed by atoms with E-state index in [1.54, 1.807) is 0 Å². The molecular formula is C11H24N2. The molecule has 13 heavy (non-hydrogen) atoms. The molecule has 1 heterocycles. The van der Waals surface area contributed by atoms with E-state index in [0.29, 0.717) is 12.1 Å². The molecule has 0 saturated carbocycles. The number of nitrogens with zero attached hydrogens (tertiary/aromatic N) is 1. The maximum absolute atomic E-state index is 5.93. The third-order valence-electron chi connectivity index (χ3n) is 3.24. The summed E-state index contributed by atoms with van der Waals surface area (Å²) < 4.78 is 0. The molecule has 3 atom stereocenters. The van der Waals surface area contributed by atoms with E-state index in [-0.39, 0.29) is 0 Å². The quantitative estimate of drug-likeness (QED) is 0.727. The lowest BCUT2D eigenvalue weighted by Crippen LogP contribution is -2.49. The molecule has 3 unspecified atom stereocenters. The van der Waals surface area contributed by atoms with Crippen LogP contribution in [-0.2, 0) is 0 Å². The van der Waals surface area contributed by atoms with Crippen molar-refractivity contribution in [3.8, 4) is 0 Å². The standard InChI is InChI=1S/C11H24N2/c1-4-5-9(2)13-7-6-11(12)8-10(13)3/h9-11H,4-8,12H2,1-3H3.